The van der Waals surface area contributed by atoms with Gasteiger partial charge in [-0.3, -0.25) is 4.79 Å². The van der Waals surface area contributed by atoms with Crippen molar-refractivity contribution >= 4 is 5.91 Å². The third kappa shape index (κ3) is 5.73. The Kier molecular flexibility index (Phi) is 5.59. The van der Waals surface area contributed by atoms with Crippen LogP contribution in [0.3, 0.4) is 0 Å². The summed E-state index contributed by atoms with van der Waals surface area (Å²) >= 11 is 0. The normalized spacial score (nSPS) is 17.1. The minimum absolute atomic E-state index is 0.00991. The van der Waals surface area contributed by atoms with Gasteiger partial charge in [0.05, 0.1) is 6.04 Å². The van der Waals surface area contributed by atoms with Gasteiger partial charge in [-0.1, -0.05) is 12.1 Å². The molecule has 2 rings (SSSR count). The fourth-order valence-corrected chi connectivity index (χ4v) is 1.92. The van der Waals surface area contributed by atoms with Gasteiger partial charge in [0.25, 0.3) is 0 Å². The predicted molar refractivity (Wildman–Crippen MR) is 81.3 cm³/mol. The Hall–Kier alpha value is -1.59. The highest BCUT2D eigenvalue weighted by atomic mass is 16.5. The summed E-state index contributed by atoms with van der Waals surface area (Å²) in [6, 6.07) is 7.74. The molecule has 1 aliphatic rings. The summed E-state index contributed by atoms with van der Waals surface area (Å²) in [4.78, 5) is 11.7. The van der Waals surface area contributed by atoms with Gasteiger partial charge in [0.1, 0.15) is 18.5 Å². The van der Waals surface area contributed by atoms with Crippen molar-refractivity contribution in [1.82, 2.24) is 10.6 Å². The van der Waals surface area contributed by atoms with Crippen molar-refractivity contribution in [2.24, 2.45) is 0 Å². The lowest BCUT2D eigenvalue weighted by molar-refractivity contribution is -0.123. The van der Waals surface area contributed by atoms with Gasteiger partial charge >= 0.3 is 0 Å². The van der Waals surface area contributed by atoms with Crippen molar-refractivity contribution in [3.8, 4) is 5.75 Å². The van der Waals surface area contributed by atoms with Gasteiger partial charge in [0.2, 0.25) is 5.91 Å². The fourth-order valence-electron chi connectivity index (χ4n) is 1.92. The minimum Gasteiger partial charge on any atom is -0.491 e. The molecule has 0 spiro atoms. The van der Waals surface area contributed by atoms with E-state index < -0.39 is 6.10 Å². The number of rotatable bonds is 8. The molecule has 0 heterocycles. The van der Waals surface area contributed by atoms with Gasteiger partial charge in [-0.2, -0.15) is 0 Å². The summed E-state index contributed by atoms with van der Waals surface area (Å²) in [6.45, 7) is 4.31. The maximum absolute atomic E-state index is 11.7. The Labute approximate surface area is 125 Å². The number of aliphatic hydroxyl groups excluding tert-OH is 1. The highest BCUT2D eigenvalue weighted by Gasteiger charge is 2.25. The van der Waals surface area contributed by atoms with Crippen LogP contribution in [0, 0.1) is 6.92 Å². The average Bonchev–Trinajstić information content (AvgIpc) is 3.26. The van der Waals surface area contributed by atoms with E-state index in [1.807, 2.05) is 31.2 Å². The lowest BCUT2D eigenvalue weighted by atomic mass is 10.2. The van der Waals surface area contributed by atoms with E-state index in [0.29, 0.717) is 12.6 Å². The molecule has 2 unspecified atom stereocenters. The molecule has 1 amide bonds. The number of aryl methyl sites for hydroxylation is 1. The van der Waals surface area contributed by atoms with Crippen LogP contribution in [0.25, 0.3) is 0 Å². The zero-order valence-corrected chi connectivity index (χ0v) is 12.6. The summed E-state index contributed by atoms with van der Waals surface area (Å²) < 4.78 is 5.53. The summed E-state index contributed by atoms with van der Waals surface area (Å²) in [5.41, 5.74) is 1.12. The summed E-state index contributed by atoms with van der Waals surface area (Å²) in [5.74, 6) is 0.734. The third-order valence-corrected chi connectivity index (χ3v) is 3.41. The minimum atomic E-state index is -0.651. The molecule has 1 fully saturated rings. The van der Waals surface area contributed by atoms with E-state index in [9.17, 15) is 9.90 Å². The number of carbonyl (C=O) groups excluding carboxylic acids is 1. The Morgan fingerprint density at radius 1 is 1.48 bits per heavy atom. The number of nitrogens with one attached hydrogen (secondary N) is 2. The van der Waals surface area contributed by atoms with Crippen LogP contribution < -0.4 is 15.4 Å². The molecule has 2 atom stereocenters. The van der Waals surface area contributed by atoms with Crippen LogP contribution in [0.5, 0.6) is 5.75 Å². The van der Waals surface area contributed by atoms with Crippen molar-refractivity contribution in [2.45, 2.75) is 44.9 Å². The van der Waals surface area contributed by atoms with Crippen molar-refractivity contribution in [1.29, 1.82) is 0 Å². The Balaban J connectivity index is 1.64. The zero-order valence-electron chi connectivity index (χ0n) is 12.6. The van der Waals surface area contributed by atoms with E-state index in [1.165, 1.54) is 0 Å². The summed E-state index contributed by atoms with van der Waals surface area (Å²) in [6.07, 6.45) is 1.50. The van der Waals surface area contributed by atoms with Crippen LogP contribution in [-0.4, -0.2) is 42.4 Å². The molecule has 0 aromatic heterocycles. The molecule has 0 bridgehead atoms. The number of benzene rings is 1. The molecular weight excluding hydrogens is 268 g/mol. The molecule has 0 saturated heterocycles. The first-order chi connectivity index (χ1) is 10.0. The number of amides is 1. The maximum Gasteiger partial charge on any atom is 0.237 e. The van der Waals surface area contributed by atoms with Crippen LogP contribution >= 0.6 is 0 Å². The standard InChI is InChI=1S/C16H24N2O3/c1-11-4-3-5-15(8-11)21-10-14(19)9-17-12(2)16(20)18-13-6-7-13/h3-5,8,12-14,17,19H,6-7,9-10H2,1-2H3,(H,18,20). The van der Waals surface area contributed by atoms with E-state index in [1.54, 1.807) is 6.92 Å². The van der Waals surface area contributed by atoms with Crippen molar-refractivity contribution in [3.63, 3.8) is 0 Å². The first-order valence-electron chi connectivity index (χ1n) is 7.46. The van der Waals surface area contributed by atoms with Crippen molar-refractivity contribution < 1.29 is 14.6 Å². The van der Waals surface area contributed by atoms with Gasteiger partial charge in [0, 0.05) is 12.6 Å². The van der Waals surface area contributed by atoms with E-state index in [2.05, 4.69) is 10.6 Å². The van der Waals surface area contributed by atoms with Gasteiger partial charge in [0.15, 0.2) is 0 Å². The lowest BCUT2D eigenvalue weighted by Crippen LogP contribution is -2.46. The number of hydrogen-bond donors (Lipinski definition) is 3. The van der Waals surface area contributed by atoms with Gasteiger partial charge in [-0.05, 0) is 44.4 Å². The van der Waals surface area contributed by atoms with Crippen LogP contribution in [0.2, 0.25) is 0 Å². The van der Waals surface area contributed by atoms with Crippen LogP contribution in [-0.2, 0) is 4.79 Å². The molecule has 1 saturated carbocycles. The van der Waals surface area contributed by atoms with Crippen LogP contribution in [0.15, 0.2) is 24.3 Å². The zero-order chi connectivity index (χ0) is 15.2. The molecule has 1 aromatic rings. The van der Waals surface area contributed by atoms with Gasteiger partial charge in [-0.25, -0.2) is 0 Å². The monoisotopic (exact) mass is 292 g/mol. The van der Waals surface area contributed by atoms with Crippen LogP contribution in [0.4, 0.5) is 0 Å². The second-order valence-electron chi connectivity index (χ2n) is 5.69. The smallest absolute Gasteiger partial charge is 0.237 e. The molecule has 0 radical (unpaired) electrons. The highest BCUT2D eigenvalue weighted by molar-refractivity contribution is 5.81. The number of ether oxygens (including phenoxy) is 1. The SMILES string of the molecule is Cc1cccc(OCC(O)CNC(C)C(=O)NC2CC2)c1. The first-order valence-corrected chi connectivity index (χ1v) is 7.46. The highest BCUT2D eigenvalue weighted by Crippen LogP contribution is 2.18. The van der Waals surface area contributed by atoms with E-state index in [-0.39, 0.29) is 18.6 Å². The number of aliphatic hydroxyl groups is 1. The predicted octanol–water partition coefficient (Wildman–Crippen LogP) is 0.991. The second-order valence-corrected chi connectivity index (χ2v) is 5.69. The number of carbonyl (C=O) groups is 1. The largest absolute Gasteiger partial charge is 0.491 e. The van der Waals surface area contributed by atoms with Crippen molar-refractivity contribution in [2.75, 3.05) is 13.2 Å². The van der Waals surface area contributed by atoms with Gasteiger partial charge < -0.3 is 20.5 Å². The molecular formula is C16H24N2O3. The van der Waals surface area contributed by atoms with E-state index in [0.717, 1.165) is 24.2 Å². The maximum atomic E-state index is 11.7. The van der Waals surface area contributed by atoms with Crippen molar-refractivity contribution in [3.05, 3.63) is 29.8 Å². The fraction of sp³-hybridized carbons (Fsp3) is 0.562. The lowest BCUT2D eigenvalue weighted by Gasteiger charge is -2.17. The average molecular weight is 292 g/mol. The molecule has 1 aromatic carbocycles. The summed E-state index contributed by atoms with van der Waals surface area (Å²) in [5, 5.41) is 15.8. The molecule has 3 N–H and O–H groups in total. The topological polar surface area (TPSA) is 70.6 Å². The Morgan fingerprint density at radius 3 is 2.90 bits per heavy atom. The Morgan fingerprint density at radius 2 is 2.24 bits per heavy atom. The molecule has 5 nitrogen and oxygen atoms in total. The third-order valence-electron chi connectivity index (χ3n) is 3.41. The molecule has 1 aliphatic carbocycles. The number of hydrogen-bond acceptors (Lipinski definition) is 4. The van der Waals surface area contributed by atoms with Gasteiger partial charge in [-0.15, -0.1) is 0 Å². The van der Waals surface area contributed by atoms with E-state index in [4.69, 9.17) is 4.74 Å². The molecule has 21 heavy (non-hydrogen) atoms. The second kappa shape index (κ2) is 7.43. The molecule has 0 aliphatic heterocycles. The molecule has 116 valence electrons. The Bertz CT molecular complexity index is 474. The van der Waals surface area contributed by atoms with E-state index >= 15 is 0 Å². The first kappa shape index (κ1) is 15.8. The summed E-state index contributed by atoms with van der Waals surface area (Å²) in [7, 11) is 0. The van der Waals surface area contributed by atoms with Crippen LogP contribution in [0.1, 0.15) is 25.3 Å². The molecule has 5 heteroatoms. The quantitative estimate of drug-likeness (QED) is 0.668.